The van der Waals surface area contributed by atoms with Crippen LogP contribution in [0.15, 0.2) is 24.3 Å². The molecule has 0 radical (unpaired) electrons. The van der Waals surface area contributed by atoms with Crippen LogP contribution < -0.4 is 0 Å². The average molecular weight is 288 g/mol. The Hall–Kier alpha value is -1.30. The van der Waals surface area contributed by atoms with Crippen LogP contribution >= 0.6 is 0 Å². The number of hydrogen-bond acceptors (Lipinski definition) is 2. The molecule has 0 amide bonds. The first-order valence-corrected chi connectivity index (χ1v) is 8.20. The second kappa shape index (κ2) is 12.4. The van der Waals surface area contributed by atoms with Gasteiger partial charge in [0.2, 0.25) is 0 Å². The molecular weight excluding hydrogens is 256 g/mol. The van der Waals surface area contributed by atoms with Gasteiger partial charge in [-0.2, -0.15) is 0 Å². The second-order valence-electron chi connectivity index (χ2n) is 4.65. The van der Waals surface area contributed by atoms with Gasteiger partial charge in [-0.15, -0.1) is 5.92 Å². The third-order valence-corrected chi connectivity index (χ3v) is 3.23. The zero-order valence-corrected chi connectivity index (χ0v) is 14.7. The van der Waals surface area contributed by atoms with Crippen LogP contribution in [0.5, 0.6) is 0 Å². The smallest absolute Gasteiger partial charge is 0.0245 e. The average Bonchev–Trinajstić information content (AvgIpc) is 2.56. The Bertz CT molecular complexity index is 403. The number of nitrogens with zero attached hydrogens (tertiary/aromatic N) is 2. The zero-order chi connectivity index (χ0) is 16.1. The molecule has 2 nitrogen and oxygen atoms in total. The molecule has 0 unspecified atom stereocenters. The van der Waals surface area contributed by atoms with Crippen molar-refractivity contribution < 1.29 is 0 Å². The molecule has 21 heavy (non-hydrogen) atoms. The van der Waals surface area contributed by atoms with Crippen molar-refractivity contribution in [2.24, 2.45) is 0 Å². The third kappa shape index (κ3) is 7.90. The largest absolute Gasteiger partial charge is 0.304 e. The molecule has 1 aromatic carbocycles. The van der Waals surface area contributed by atoms with E-state index in [2.05, 4.69) is 53.0 Å². The number of rotatable bonds is 2. The van der Waals surface area contributed by atoms with Crippen LogP contribution in [0.1, 0.15) is 45.7 Å². The summed E-state index contributed by atoms with van der Waals surface area (Å²) in [5, 5.41) is 0. The van der Waals surface area contributed by atoms with Crippen LogP contribution in [0.3, 0.4) is 0 Å². The number of likely N-dealkylation sites (N-methyl/N-ethyl adjacent to an activating group) is 1. The van der Waals surface area contributed by atoms with Crippen molar-refractivity contribution >= 4 is 0 Å². The Morgan fingerprint density at radius 3 is 1.90 bits per heavy atom. The number of piperazine rings is 1. The summed E-state index contributed by atoms with van der Waals surface area (Å²) < 4.78 is 0. The molecule has 0 aromatic heterocycles. The van der Waals surface area contributed by atoms with E-state index in [1.807, 2.05) is 34.6 Å². The first kappa shape index (κ1) is 19.7. The van der Waals surface area contributed by atoms with Gasteiger partial charge in [-0.1, -0.05) is 45.7 Å². The van der Waals surface area contributed by atoms with Gasteiger partial charge in [0, 0.05) is 38.3 Å². The van der Waals surface area contributed by atoms with Gasteiger partial charge in [-0.25, -0.2) is 0 Å². The molecule has 0 bridgehead atoms. The predicted molar refractivity (Wildman–Crippen MR) is 94.5 cm³/mol. The quantitative estimate of drug-likeness (QED) is 0.763. The molecule has 118 valence electrons. The molecule has 1 fully saturated rings. The Morgan fingerprint density at radius 2 is 1.43 bits per heavy atom. The maximum absolute atomic E-state index is 3.07. The summed E-state index contributed by atoms with van der Waals surface area (Å²) in [7, 11) is 2.19. The summed E-state index contributed by atoms with van der Waals surface area (Å²) in [5.41, 5.74) is 2.49. The van der Waals surface area contributed by atoms with Crippen LogP contribution in [0.4, 0.5) is 0 Å². The molecule has 0 N–H and O–H groups in total. The standard InChI is InChI=1S/C15H20N2.2C2H6/c1-3-4-14-5-7-15(8-6-14)13-17-11-9-16(2)10-12-17;2*1-2/h5-8H,9-13H2,1-2H3;2*1-2H3. The molecular formula is C19H32N2. The maximum atomic E-state index is 3.07. The Labute approximate surface area is 132 Å². The molecule has 1 heterocycles. The van der Waals surface area contributed by atoms with Crippen LogP contribution in [0.25, 0.3) is 0 Å². The van der Waals surface area contributed by atoms with Gasteiger partial charge in [0.05, 0.1) is 0 Å². The van der Waals surface area contributed by atoms with Crippen LogP contribution in [-0.4, -0.2) is 43.0 Å². The fraction of sp³-hybridized carbons (Fsp3) is 0.579. The molecule has 1 saturated heterocycles. The van der Waals surface area contributed by atoms with Crippen molar-refractivity contribution in [1.82, 2.24) is 9.80 Å². The van der Waals surface area contributed by atoms with Crippen molar-refractivity contribution in [3.63, 3.8) is 0 Å². The predicted octanol–water partition coefficient (Wildman–Crippen LogP) is 3.86. The van der Waals surface area contributed by atoms with E-state index in [-0.39, 0.29) is 0 Å². The summed E-state index contributed by atoms with van der Waals surface area (Å²) in [6, 6.07) is 8.61. The van der Waals surface area contributed by atoms with Crippen molar-refractivity contribution in [2.45, 2.75) is 41.2 Å². The lowest BCUT2D eigenvalue weighted by Gasteiger charge is -2.32. The molecule has 2 rings (SSSR count). The van der Waals surface area contributed by atoms with Crippen LogP contribution in [0.2, 0.25) is 0 Å². The minimum absolute atomic E-state index is 1.06. The first-order chi connectivity index (χ1) is 10.3. The lowest BCUT2D eigenvalue weighted by atomic mass is 10.1. The maximum Gasteiger partial charge on any atom is 0.0245 e. The Balaban J connectivity index is 0.000000921. The Morgan fingerprint density at radius 1 is 0.905 bits per heavy atom. The van der Waals surface area contributed by atoms with Crippen molar-refractivity contribution in [3.05, 3.63) is 35.4 Å². The van der Waals surface area contributed by atoms with Gasteiger partial charge in [-0.05, 0) is 31.7 Å². The molecule has 0 saturated carbocycles. The van der Waals surface area contributed by atoms with Crippen LogP contribution in [0, 0.1) is 11.8 Å². The third-order valence-electron chi connectivity index (χ3n) is 3.23. The van der Waals surface area contributed by atoms with E-state index in [1.54, 1.807) is 0 Å². The summed E-state index contributed by atoms with van der Waals surface area (Å²) in [6.07, 6.45) is 0. The summed E-state index contributed by atoms with van der Waals surface area (Å²) in [5.74, 6) is 6.00. The minimum atomic E-state index is 1.06. The number of hydrogen-bond donors (Lipinski definition) is 0. The number of benzene rings is 1. The lowest BCUT2D eigenvalue weighted by Crippen LogP contribution is -2.43. The van der Waals surface area contributed by atoms with E-state index in [4.69, 9.17) is 0 Å². The molecule has 0 spiro atoms. The van der Waals surface area contributed by atoms with Gasteiger partial charge in [-0.3, -0.25) is 4.90 Å². The second-order valence-corrected chi connectivity index (χ2v) is 4.65. The van der Waals surface area contributed by atoms with E-state index in [0.717, 1.165) is 12.1 Å². The topological polar surface area (TPSA) is 6.48 Å². The molecule has 1 aliphatic heterocycles. The highest BCUT2D eigenvalue weighted by Gasteiger charge is 2.13. The molecule has 0 aliphatic carbocycles. The van der Waals surface area contributed by atoms with Gasteiger partial charge in [0.1, 0.15) is 0 Å². The van der Waals surface area contributed by atoms with Gasteiger partial charge < -0.3 is 4.90 Å². The van der Waals surface area contributed by atoms with Crippen molar-refractivity contribution in [1.29, 1.82) is 0 Å². The molecule has 2 heteroatoms. The fourth-order valence-corrected chi connectivity index (χ4v) is 2.10. The normalized spacial score (nSPS) is 14.8. The highest BCUT2D eigenvalue weighted by Crippen LogP contribution is 2.09. The molecule has 1 aromatic rings. The zero-order valence-electron chi connectivity index (χ0n) is 14.7. The van der Waals surface area contributed by atoms with E-state index >= 15 is 0 Å². The molecule has 1 aliphatic rings. The van der Waals surface area contributed by atoms with E-state index in [0.29, 0.717) is 0 Å². The monoisotopic (exact) mass is 288 g/mol. The molecule has 0 atom stereocenters. The summed E-state index contributed by atoms with van der Waals surface area (Å²) >= 11 is 0. The summed E-state index contributed by atoms with van der Waals surface area (Å²) in [4.78, 5) is 4.90. The first-order valence-electron chi connectivity index (χ1n) is 8.20. The van der Waals surface area contributed by atoms with E-state index < -0.39 is 0 Å². The van der Waals surface area contributed by atoms with Crippen LogP contribution in [-0.2, 0) is 6.54 Å². The van der Waals surface area contributed by atoms with Crippen molar-refractivity contribution in [2.75, 3.05) is 33.2 Å². The van der Waals surface area contributed by atoms with E-state index in [1.165, 1.54) is 31.7 Å². The SMILES string of the molecule is CC.CC.CC#Cc1ccc(CN2CCN(C)CC2)cc1. The van der Waals surface area contributed by atoms with Gasteiger partial charge >= 0.3 is 0 Å². The van der Waals surface area contributed by atoms with Crippen molar-refractivity contribution in [3.8, 4) is 11.8 Å². The highest BCUT2D eigenvalue weighted by atomic mass is 15.2. The highest BCUT2D eigenvalue weighted by molar-refractivity contribution is 5.35. The summed E-state index contributed by atoms with van der Waals surface area (Å²) in [6.45, 7) is 15.6. The van der Waals surface area contributed by atoms with E-state index in [9.17, 15) is 0 Å². The fourth-order valence-electron chi connectivity index (χ4n) is 2.10. The van der Waals surface area contributed by atoms with Gasteiger partial charge in [0.25, 0.3) is 0 Å². The lowest BCUT2D eigenvalue weighted by molar-refractivity contribution is 0.148. The minimum Gasteiger partial charge on any atom is -0.304 e. The Kier molecular flexibility index (Phi) is 11.7. The van der Waals surface area contributed by atoms with Gasteiger partial charge in [0.15, 0.2) is 0 Å².